The lowest BCUT2D eigenvalue weighted by atomic mass is 9.87. The maximum atomic E-state index is 13.1. The quantitative estimate of drug-likeness (QED) is 0.762. The van der Waals surface area contributed by atoms with Crippen LogP contribution in [-0.4, -0.2) is 25.2 Å². The molecule has 1 aliphatic rings. The van der Waals surface area contributed by atoms with E-state index < -0.39 is 0 Å². The molecule has 3 rings (SSSR count). The third kappa shape index (κ3) is 5.52. The Balaban J connectivity index is 1.44. The van der Waals surface area contributed by atoms with E-state index in [0.29, 0.717) is 18.2 Å². The predicted molar refractivity (Wildman–Crippen MR) is 98.0 cm³/mol. The first-order chi connectivity index (χ1) is 12.6. The Morgan fingerprint density at radius 2 is 1.92 bits per heavy atom. The van der Waals surface area contributed by atoms with Crippen LogP contribution in [0.2, 0.25) is 0 Å². The van der Waals surface area contributed by atoms with Gasteiger partial charge in [-0.25, -0.2) is 13.6 Å². The van der Waals surface area contributed by atoms with Gasteiger partial charge in [-0.1, -0.05) is 18.2 Å². The standard InChI is InChI=1S/C20H23F2N3O/c21-16-6-4-14(5-7-16)10-15-8-9-23-19(11-15)13-24-20(26)25-18-3-1-2-17(22)12-18/h1-7,12,15,19,23H,8-11,13H2,(H2,24,25,26)/t15-,19-/m1/s1. The molecule has 0 saturated carbocycles. The molecule has 2 amide bonds. The average Bonchev–Trinajstić information content (AvgIpc) is 2.62. The van der Waals surface area contributed by atoms with Crippen LogP contribution in [0.1, 0.15) is 18.4 Å². The highest BCUT2D eigenvalue weighted by Gasteiger charge is 2.22. The number of halogens is 2. The summed E-state index contributed by atoms with van der Waals surface area (Å²) >= 11 is 0. The Kier molecular flexibility index (Phi) is 6.17. The SMILES string of the molecule is O=C(NC[C@H]1C[C@@H](Cc2ccc(F)cc2)CCN1)Nc1cccc(F)c1. The zero-order chi connectivity index (χ0) is 18.4. The normalized spacial score (nSPS) is 19.8. The Morgan fingerprint density at radius 1 is 1.12 bits per heavy atom. The Morgan fingerprint density at radius 3 is 2.69 bits per heavy atom. The molecule has 0 aliphatic carbocycles. The summed E-state index contributed by atoms with van der Waals surface area (Å²) in [6.45, 7) is 1.39. The van der Waals surface area contributed by atoms with Crippen LogP contribution in [0, 0.1) is 17.6 Å². The molecule has 0 spiro atoms. The lowest BCUT2D eigenvalue weighted by Gasteiger charge is -2.30. The van der Waals surface area contributed by atoms with Gasteiger partial charge in [0.1, 0.15) is 11.6 Å². The highest BCUT2D eigenvalue weighted by Crippen LogP contribution is 2.21. The van der Waals surface area contributed by atoms with Gasteiger partial charge in [0.25, 0.3) is 0 Å². The molecule has 2 aromatic carbocycles. The molecule has 0 aromatic heterocycles. The molecule has 1 fully saturated rings. The van der Waals surface area contributed by atoms with Gasteiger partial charge in [-0.15, -0.1) is 0 Å². The van der Waals surface area contributed by atoms with Crippen molar-refractivity contribution in [3.63, 3.8) is 0 Å². The first kappa shape index (κ1) is 18.3. The van der Waals surface area contributed by atoms with Gasteiger partial charge < -0.3 is 16.0 Å². The second-order valence-electron chi connectivity index (χ2n) is 6.72. The molecular weight excluding hydrogens is 336 g/mol. The zero-order valence-corrected chi connectivity index (χ0v) is 14.5. The number of hydrogen-bond donors (Lipinski definition) is 3. The summed E-state index contributed by atoms with van der Waals surface area (Å²) in [6.07, 6.45) is 2.91. The van der Waals surface area contributed by atoms with Crippen LogP contribution < -0.4 is 16.0 Å². The molecule has 0 unspecified atom stereocenters. The summed E-state index contributed by atoms with van der Waals surface area (Å²) in [5, 5.41) is 8.86. The van der Waals surface area contributed by atoms with Crippen molar-refractivity contribution in [2.24, 2.45) is 5.92 Å². The molecule has 1 aliphatic heterocycles. The number of carbonyl (C=O) groups excluding carboxylic acids is 1. The van der Waals surface area contributed by atoms with Crippen molar-refractivity contribution in [1.82, 2.24) is 10.6 Å². The summed E-state index contributed by atoms with van der Waals surface area (Å²) in [5.74, 6) is -0.106. The van der Waals surface area contributed by atoms with Gasteiger partial charge in [0.05, 0.1) is 0 Å². The number of hydrogen-bond acceptors (Lipinski definition) is 2. The maximum absolute atomic E-state index is 13.1. The van der Waals surface area contributed by atoms with Crippen molar-refractivity contribution in [2.75, 3.05) is 18.4 Å². The minimum atomic E-state index is -0.389. The number of urea groups is 1. The minimum absolute atomic E-state index is 0.187. The van der Waals surface area contributed by atoms with Crippen molar-refractivity contribution < 1.29 is 13.6 Å². The van der Waals surface area contributed by atoms with E-state index in [2.05, 4.69) is 16.0 Å². The zero-order valence-electron chi connectivity index (χ0n) is 14.5. The molecule has 2 atom stereocenters. The summed E-state index contributed by atoms with van der Waals surface area (Å²) in [5.41, 5.74) is 1.56. The molecule has 138 valence electrons. The topological polar surface area (TPSA) is 53.2 Å². The molecular formula is C20H23F2N3O. The fourth-order valence-corrected chi connectivity index (χ4v) is 3.35. The lowest BCUT2D eigenvalue weighted by molar-refractivity contribution is 0.246. The van der Waals surface area contributed by atoms with Gasteiger partial charge in [-0.2, -0.15) is 0 Å². The van der Waals surface area contributed by atoms with Crippen molar-refractivity contribution >= 4 is 11.7 Å². The van der Waals surface area contributed by atoms with Crippen LogP contribution in [0.4, 0.5) is 19.3 Å². The fraction of sp³-hybridized carbons (Fsp3) is 0.350. The summed E-state index contributed by atoms with van der Waals surface area (Å²) in [6, 6.07) is 12.3. The molecule has 6 heteroatoms. The average molecular weight is 359 g/mol. The number of carbonyl (C=O) groups is 1. The van der Waals surface area contributed by atoms with Gasteiger partial charge >= 0.3 is 6.03 Å². The number of nitrogens with one attached hydrogen (secondary N) is 3. The smallest absolute Gasteiger partial charge is 0.319 e. The largest absolute Gasteiger partial charge is 0.336 e. The number of amides is 2. The minimum Gasteiger partial charge on any atom is -0.336 e. The number of piperidine rings is 1. The van der Waals surface area contributed by atoms with Gasteiger partial charge in [0, 0.05) is 18.3 Å². The second-order valence-corrected chi connectivity index (χ2v) is 6.72. The third-order valence-electron chi connectivity index (χ3n) is 4.63. The lowest BCUT2D eigenvalue weighted by Crippen LogP contribution is -2.47. The molecule has 0 bridgehead atoms. The van der Waals surface area contributed by atoms with Crippen molar-refractivity contribution in [3.8, 4) is 0 Å². The molecule has 0 radical (unpaired) electrons. The van der Waals surface area contributed by atoms with E-state index in [0.717, 1.165) is 31.4 Å². The number of anilines is 1. The van der Waals surface area contributed by atoms with Crippen molar-refractivity contribution in [2.45, 2.75) is 25.3 Å². The summed E-state index contributed by atoms with van der Waals surface area (Å²) in [7, 11) is 0. The van der Waals surface area contributed by atoms with Crippen LogP contribution in [0.5, 0.6) is 0 Å². The van der Waals surface area contributed by atoms with Crippen LogP contribution >= 0.6 is 0 Å². The molecule has 4 nitrogen and oxygen atoms in total. The Labute approximate surface area is 152 Å². The second kappa shape index (κ2) is 8.76. The van der Waals surface area contributed by atoms with E-state index in [1.54, 1.807) is 12.1 Å². The molecule has 1 saturated heterocycles. The molecule has 2 aromatic rings. The Hall–Kier alpha value is -2.47. The molecule has 26 heavy (non-hydrogen) atoms. The maximum Gasteiger partial charge on any atom is 0.319 e. The highest BCUT2D eigenvalue weighted by atomic mass is 19.1. The molecule has 3 N–H and O–H groups in total. The fourth-order valence-electron chi connectivity index (χ4n) is 3.35. The predicted octanol–water partition coefficient (Wildman–Crippen LogP) is 3.70. The van der Waals surface area contributed by atoms with E-state index in [9.17, 15) is 13.6 Å². The van der Waals surface area contributed by atoms with Gasteiger partial charge in [0.2, 0.25) is 0 Å². The first-order valence-electron chi connectivity index (χ1n) is 8.87. The highest BCUT2D eigenvalue weighted by molar-refractivity contribution is 5.89. The van der Waals surface area contributed by atoms with Crippen LogP contribution in [0.25, 0.3) is 0 Å². The van der Waals surface area contributed by atoms with E-state index in [-0.39, 0.29) is 23.7 Å². The van der Waals surface area contributed by atoms with Crippen LogP contribution in [-0.2, 0) is 6.42 Å². The third-order valence-corrected chi connectivity index (χ3v) is 4.63. The molecule has 1 heterocycles. The van der Waals surface area contributed by atoms with Gasteiger partial charge in [-0.05, 0) is 67.6 Å². The summed E-state index contributed by atoms with van der Waals surface area (Å²) < 4.78 is 26.1. The van der Waals surface area contributed by atoms with Gasteiger partial charge in [-0.3, -0.25) is 0 Å². The monoisotopic (exact) mass is 359 g/mol. The van der Waals surface area contributed by atoms with Crippen LogP contribution in [0.3, 0.4) is 0 Å². The van der Waals surface area contributed by atoms with Gasteiger partial charge in [0.15, 0.2) is 0 Å². The van der Waals surface area contributed by atoms with Crippen molar-refractivity contribution in [1.29, 1.82) is 0 Å². The summed E-state index contributed by atoms with van der Waals surface area (Å²) in [4.78, 5) is 12.0. The number of benzene rings is 2. The van der Waals surface area contributed by atoms with Crippen molar-refractivity contribution in [3.05, 3.63) is 65.7 Å². The van der Waals surface area contributed by atoms with E-state index in [1.807, 2.05) is 12.1 Å². The number of rotatable bonds is 5. The Bertz CT molecular complexity index is 736. The first-order valence-corrected chi connectivity index (χ1v) is 8.87. The van der Waals surface area contributed by atoms with E-state index >= 15 is 0 Å². The van der Waals surface area contributed by atoms with E-state index in [1.165, 1.54) is 24.3 Å². The van der Waals surface area contributed by atoms with E-state index in [4.69, 9.17) is 0 Å². The van der Waals surface area contributed by atoms with Crippen LogP contribution in [0.15, 0.2) is 48.5 Å².